The summed E-state index contributed by atoms with van der Waals surface area (Å²) in [7, 11) is -2.59. The van der Waals surface area contributed by atoms with Crippen molar-refractivity contribution < 1.29 is 13.3 Å². The normalized spacial score (nSPS) is 16.4. The highest BCUT2D eigenvalue weighted by molar-refractivity contribution is 6.62. The highest BCUT2D eigenvalue weighted by Crippen LogP contribution is 2.43. The molecular formula is C15H34O3Si. The second-order valence-electron chi connectivity index (χ2n) is 6.07. The molecule has 0 aliphatic rings. The van der Waals surface area contributed by atoms with Gasteiger partial charge in [0.15, 0.2) is 0 Å². The lowest BCUT2D eigenvalue weighted by molar-refractivity contribution is 0.0444. The molecule has 0 aliphatic heterocycles. The van der Waals surface area contributed by atoms with Gasteiger partial charge in [0.2, 0.25) is 0 Å². The Bertz CT molecular complexity index is 221. The van der Waals surface area contributed by atoms with Crippen LogP contribution in [0.25, 0.3) is 0 Å². The molecule has 0 saturated heterocycles. The molecule has 0 bridgehead atoms. The first-order chi connectivity index (χ1) is 8.79. The Morgan fingerprint density at radius 2 is 1.21 bits per heavy atom. The second kappa shape index (κ2) is 8.40. The fourth-order valence-corrected chi connectivity index (χ4v) is 6.56. The lowest BCUT2D eigenvalue weighted by atomic mass is 9.77. The molecule has 0 aliphatic carbocycles. The minimum Gasteiger partial charge on any atom is -0.374 e. The van der Waals surface area contributed by atoms with Crippen LogP contribution < -0.4 is 0 Å². The summed E-state index contributed by atoms with van der Waals surface area (Å²) in [5.74, 6) is 0.531. The topological polar surface area (TPSA) is 27.7 Å². The van der Waals surface area contributed by atoms with Crippen molar-refractivity contribution in [3.8, 4) is 0 Å². The van der Waals surface area contributed by atoms with Gasteiger partial charge in [0.1, 0.15) is 0 Å². The Balaban J connectivity index is 5.30. The second-order valence-corrected chi connectivity index (χ2v) is 9.06. The fraction of sp³-hybridized carbons (Fsp3) is 1.00. The number of hydrogen-bond donors (Lipinski definition) is 0. The van der Waals surface area contributed by atoms with Gasteiger partial charge in [0.25, 0.3) is 0 Å². The summed E-state index contributed by atoms with van der Waals surface area (Å²) in [6.07, 6.45) is 1.12. The van der Waals surface area contributed by atoms with Crippen LogP contribution in [-0.4, -0.2) is 28.6 Å². The van der Waals surface area contributed by atoms with Crippen LogP contribution in [-0.2, 0) is 13.3 Å². The van der Waals surface area contributed by atoms with E-state index in [4.69, 9.17) is 13.3 Å². The molecule has 0 aromatic heterocycles. The molecule has 0 aromatic carbocycles. The number of rotatable bonds is 9. The van der Waals surface area contributed by atoms with Crippen molar-refractivity contribution in [1.29, 1.82) is 0 Å². The molecule has 0 amide bonds. The van der Waals surface area contributed by atoms with Crippen LogP contribution in [0.1, 0.15) is 61.8 Å². The summed E-state index contributed by atoms with van der Waals surface area (Å²) < 4.78 is 18.1. The maximum Gasteiger partial charge on any atom is 0.504 e. The van der Waals surface area contributed by atoms with E-state index in [9.17, 15) is 0 Å². The third-order valence-corrected chi connectivity index (χ3v) is 7.34. The van der Waals surface area contributed by atoms with Crippen molar-refractivity contribution in [1.82, 2.24) is 0 Å². The van der Waals surface area contributed by atoms with E-state index in [1.807, 2.05) is 20.8 Å². The molecule has 0 aromatic rings. The summed E-state index contributed by atoms with van der Waals surface area (Å²) >= 11 is 0. The predicted octanol–water partition coefficient (Wildman–Crippen LogP) is 4.50. The van der Waals surface area contributed by atoms with Gasteiger partial charge in [-0.2, -0.15) is 0 Å². The summed E-state index contributed by atoms with van der Waals surface area (Å²) in [4.78, 5) is 0. The van der Waals surface area contributed by atoms with E-state index in [1.165, 1.54) is 0 Å². The quantitative estimate of drug-likeness (QED) is 0.585. The molecule has 0 radical (unpaired) electrons. The average molecular weight is 291 g/mol. The minimum atomic E-state index is -2.59. The zero-order chi connectivity index (χ0) is 15.1. The third-order valence-electron chi connectivity index (χ3n) is 3.75. The molecule has 0 spiro atoms. The Kier molecular flexibility index (Phi) is 8.44. The van der Waals surface area contributed by atoms with Crippen LogP contribution in [0.5, 0.6) is 0 Å². The Morgan fingerprint density at radius 1 is 0.842 bits per heavy atom. The van der Waals surface area contributed by atoms with Crippen LogP contribution in [0.4, 0.5) is 0 Å². The van der Waals surface area contributed by atoms with E-state index in [2.05, 4.69) is 34.6 Å². The van der Waals surface area contributed by atoms with Crippen LogP contribution in [0.15, 0.2) is 0 Å². The highest BCUT2D eigenvalue weighted by Gasteiger charge is 2.51. The average Bonchev–Trinajstić information content (AvgIpc) is 2.28. The first kappa shape index (κ1) is 19.1. The van der Waals surface area contributed by atoms with Crippen molar-refractivity contribution in [2.75, 3.05) is 19.8 Å². The summed E-state index contributed by atoms with van der Waals surface area (Å²) in [6, 6.07) is 0. The van der Waals surface area contributed by atoms with Gasteiger partial charge in [-0.15, -0.1) is 0 Å². The zero-order valence-electron chi connectivity index (χ0n) is 14.2. The smallest absolute Gasteiger partial charge is 0.374 e. The van der Waals surface area contributed by atoms with E-state index in [1.54, 1.807) is 0 Å². The van der Waals surface area contributed by atoms with Crippen LogP contribution in [0.3, 0.4) is 0 Å². The molecular weight excluding hydrogens is 256 g/mol. The van der Waals surface area contributed by atoms with Crippen LogP contribution in [0.2, 0.25) is 5.54 Å². The van der Waals surface area contributed by atoms with E-state index >= 15 is 0 Å². The Labute approximate surface area is 121 Å². The molecule has 2 atom stereocenters. The molecule has 3 nitrogen and oxygen atoms in total. The maximum atomic E-state index is 6.04. The standard InChI is InChI=1S/C15H34O3Si/c1-9-14(15(6,7)8)13(5)19(16-10-2,17-11-3)18-12-4/h13-14H,9-12H2,1-8H3. The monoisotopic (exact) mass is 290 g/mol. The van der Waals surface area contributed by atoms with E-state index in [0.29, 0.717) is 31.3 Å². The van der Waals surface area contributed by atoms with Crippen molar-refractivity contribution in [3.05, 3.63) is 0 Å². The van der Waals surface area contributed by atoms with Gasteiger partial charge in [-0.1, -0.05) is 41.0 Å². The first-order valence-electron chi connectivity index (χ1n) is 7.70. The van der Waals surface area contributed by atoms with E-state index in [0.717, 1.165) is 6.42 Å². The maximum absolute atomic E-state index is 6.04. The first-order valence-corrected chi connectivity index (χ1v) is 9.51. The largest absolute Gasteiger partial charge is 0.504 e. The molecule has 0 rings (SSSR count). The zero-order valence-corrected chi connectivity index (χ0v) is 15.2. The molecule has 116 valence electrons. The van der Waals surface area contributed by atoms with Crippen LogP contribution in [0, 0.1) is 11.3 Å². The van der Waals surface area contributed by atoms with Gasteiger partial charge in [-0.3, -0.25) is 0 Å². The highest BCUT2D eigenvalue weighted by atomic mass is 28.4. The fourth-order valence-electron chi connectivity index (χ4n) is 3.09. The molecule has 0 N–H and O–H groups in total. The van der Waals surface area contributed by atoms with Gasteiger partial charge in [0, 0.05) is 25.4 Å². The molecule has 19 heavy (non-hydrogen) atoms. The molecule has 0 fully saturated rings. The molecule has 0 heterocycles. The summed E-state index contributed by atoms with van der Waals surface area (Å²) in [5, 5.41) is 0. The minimum absolute atomic E-state index is 0.234. The predicted molar refractivity (Wildman–Crippen MR) is 83.3 cm³/mol. The Morgan fingerprint density at radius 3 is 1.42 bits per heavy atom. The van der Waals surface area contributed by atoms with Crippen molar-refractivity contribution in [2.24, 2.45) is 11.3 Å². The van der Waals surface area contributed by atoms with Gasteiger partial charge in [-0.25, -0.2) is 0 Å². The van der Waals surface area contributed by atoms with Crippen molar-refractivity contribution >= 4 is 8.80 Å². The SMILES string of the molecule is CCO[Si](OCC)(OCC)C(C)C(CC)C(C)(C)C. The lowest BCUT2D eigenvalue weighted by Crippen LogP contribution is -2.53. The Hall–Kier alpha value is 0.0969. The molecule has 2 unspecified atom stereocenters. The van der Waals surface area contributed by atoms with Gasteiger partial charge < -0.3 is 13.3 Å². The molecule has 0 saturated carbocycles. The summed E-state index contributed by atoms with van der Waals surface area (Å²) in [6.45, 7) is 19.4. The van der Waals surface area contributed by atoms with E-state index < -0.39 is 8.80 Å². The van der Waals surface area contributed by atoms with Gasteiger partial charge in [0.05, 0.1) is 0 Å². The third kappa shape index (κ3) is 5.18. The summed E-state index contributed by atoms with van der Waals surface area (Å²) in [5.41, 5.74) is 0.551. The van der Waals surface area contributed by atoms with E-state index in [-0.39, 0.29) is 5.41 Å². The number of hydrogen-bond acceptors (Lipinski definition) is 3. The van der Waals surface area contributed by atoms with Gasteiger partial charge >= 0.3 is 8.80 Å². The van der Waals surface area contributed by atoms with Crippen molar-refractivity contribution in [2.45, 2.75) is 67.4 Å². The molecule has 4 heteroatoms. The lowest BCUT2D eigenvalue weighted by Gasteiger charge is -2.42. The van der Waals surface area contributed by atoms with Gasteiger partial charge in [-0.05, 0) is 32.1 Å². The van der Waals surface area contributed by atoms with Crippen molar-refractivity contribution in [3.63, 3.8) is 0 Å². The van der Waals surface area contributed by atoms with Crippen LogP contribution >= 0.6 is 0 Å².